The van der Waals surface area contributed by atoms with Crippen LogP contribution in [0.25, 0.3) is 6.08 Å². The molecule has 0 amide bonds. The molecular weight excluding hydrogens is 372 g/mol. The average Bonchev–Trinajstić information content (AvgIpc) is 3.67. The summed E-state index contributed by atoms with van der Waals surface area (Å²) in [4.78, 5) is 0. The Balaban J connectivity index is 0.000000201. The number of rotatable bonds is 3. The molecule has 2 unspecified atom stereocenters. The van der Waals surface area contributed by atoms with Gasteiger partial charge in [0.15, 0.2) is 0 Å². The molecule has 4 aliphatic carbocycles. The van der Waals surface area contributed by atoms with Gasteiger partial charge in [-0.25, -0.2) is 0 Å². The molecule has 0 aliphatic heterocycles. The third kappa shape index (κ3) is 11.6. The van der Waals surface area contributed by atoms with Crippen LogP contribution in [0, 0.1) is 11.3 Å². The highest BCUT2D eigenvalue weighted by Crippen LogP contribution is 2.49. The van der Waals surface area contributed by atoms with E-state index in [0.29, 0.717) is 5.41 Å². The predicted molar refractivity (Wildman–Crippen MR) is 142 cm³/mol. The van der Waals surface area contributed by atoms with Gasteiger partial charge in [0.2, 0.25) is 0 Å². The second-order valence-corrected chi connectivity index (χ2v) is 7.57. The fourth-order valence-corrected chi connectivity index (χ4v) is 3.42. The molecular formula is C31H38. The van der Waals surface area contributed by atoms with E-state index in [9.17, 15) is 0 Å². The first-order valence-electron chi connectivity index (χ1n) is 11.1. The molecule has 0 aromatic heterocycles. The lowest BCUT2D eigenvalue weighted by atomic mass is 9.88. The van der Waals surface area contributed by atoms with E-state index in [1.54, 1.807) is 12.2 Å². The average molecular weight is 411 g/mol. The van der Waals surface area contributed by atoms with E-state index in [1.165, 1.54) is 24.8 Å². The van der Waals surface area contributed by atoms with Gasteiger partial charge in [-0.1, -0.05) is 135 Å². The zero-order chi connectivity index (χ0) is 22.6. The lowest BCUT2D eigenvalue weighted by Crippen LogP contribution is -2.05. The standard InChI is InChI=1S/C9H12.C8H8.2C5H6.C4H6/c1-2-9-5-3-8(7-9)4-6-9;1-2-8-6-4-3-5-7-8;2*1-2-4-5-3-1;1-3-4-2/h2-3,5,8H,1,4,6-7H2;2-7H,1H2;2*1-4H,5H2;3-4H,1-2H2. The second kappa shape index (κ2) is 16.7. The van der Waals surface area contributed by atoms with Crippen molar-refractivity contribution in [3.05, 3.63) is 141 Å². The largest absolute Gasteiger partial charge is 0.102 e. The van der Waals surface area contributed by atoms with E-state index < -0.39 is 0 Å². The molecule has 2 bridgehead atoms. The number of allylic oxidation sites excluding steroid dienone is 13. The summed E-state index contributed by atoms with van der Waals surface area (Å²) < 4.78 is 0. The first kappa shape index (κ1) is 25.9. The van der Waals surface area contributed by atoms with Crippen molar-refractivity contribution < 1.29 is 0 Å². The summed E-state index contributed by atoms with van der Waals surface area (Å²) in [5.74, 6) is 0.892. The van der Waals surface area contributed by atoms with Gasteiger partial charge in [0, 0.05) is 5.41 Å². The van der Waals surface area contributed by atoms with Crippen LogP contribution in [0.5, 0.6) is 0 Å². The fraction of sp³-hybridized carbons (Fsp3) is 0.226. The second-order valence-electron chi connectivity index (χ2n) is 7.57. The maximum Gasteiger partial charge on any atom is 0.00642 e. The van der Waals surface area contributed by atoms with Crippen LogP contribution in [-0.2, 0) is 0 Å². The van der Waals surface area contributed by atoms with Gasteiger partial charge in [0.1, 0.15) is 0 Å². The summed E-state index contributed by atoms with van der Waals surface area (Å²) >= 11 is 0. The first-order chi connectivity index (χ1) is 15.2. The molecule has 162 valence electrons. The Morgan fingerprint density at radius 1 is 0.774 bits per heavy atom. The zero-order valence-electron chi connectivity index (χ0n) is 18.9. The van der Waals surface area contributed by atoms with Crippen LogP contribution in [0.15, 0.2) is 136 Å². The van der Waals surface area contributed by atoms with Crippen molar-refractivity contribution in [3.63, 3.8) is 0 Å². The van der Waals surface area contributed by atoms with Crippen LogP contribution in [0.2, 0.25) is 0 Å². The van der Waals surface area contributed by atoms with Crippen LogP contribution in [0.1, 0.15) is 37.7 Å². The molecule has 0 heteroatoms. The minimum absolute atomic E-state index is 0.435. The summed E-state index contributed by atoms with van der Waals surface area (Å²) in [5, 5.41) is 0. The van der Waals surface area contributed by atoms with E-state index in [1.807, 2.05) is 36.4 Å². The van der Waals surface area contributed by atoms with Crippen molar-refractivity contribution in [3.8, 4) is 0 Å². The van der Waals surface area contributed by atoms with Gasteiger partial charge in [-0.3, -0.25) is 0 Å². The van der Waals surface area contributed by atoms with E-state index in [2.05, 4.69) is 93.2 Å². The monoisotopic (exact) mass is 410 g/mol. The normalized spacial score (nSPS) is 21.9. The molecule has 0 radical (unpaired) electrons. The molecule has 0 heterocycles. The lowest BCUT2D eigenvalue weighted by molar-refractivity contribution is 0.525. The van der Waals surface area contributed by atoms with Crippen LogP contribution >= 0.6 is 0 Å². The highest BCUT2D eigenvalue weighted by Gasteiger charge is 2.37. The van der Waals surface area contributed by atoms with Gasteiger partial charge in [0.25, 0.3) is 0 Å². The van der Waals surface area contributed by atoms with Gasteiger partial charge < -0.3 is 0 Å². The van der Waals surface area contributed by atoms with E-state index in [-0.39, 0.29) is 0 Å². The van der Waals surface area contributed by atoms with E-state index >= 15 is 0 Å². The molecule has 0 saturated heterocycles. The highest BCUT2D eigenvalue weighted by molar-refractivity contribution is 5.45. The highest BCUT2D eigenvalue weighted by atomic mass is 14.4. The van der Waals surface area contributed by atoms with Gasteiger partial charge in [-0.15, -0.1) is 6.58 Å². The van der Waals surface area contributed by atoms with E-state index in [4.69, 9.17) is 0 Å². The Kier molecular flexibility index (Phi) is 13.9. The van der Waals surface area contributed by atoms with Crippen LogP contribution in [-0.4, -0.2) is 0 Å². The number of hydrogen-bond acceptors (Lipinski definition) is 0. The minimum atomic E-state index is 0.435. The Labute approximate surface area is 190 Å². The molecule has 0 nitrogen and oxygen atoms in total. The summed E-state index contributed by atoms with van der Waals surface area (Å²) in [7, 11) is 0. The van der Waals surface area contributed by atoms with Crippen molar-refractivity contribution in [1.29, 1.82) is 0 Å². The van der Waals surface area contributed by atoms with Crippen molar-refractivity contribution in [2.24, 2.45) is 11.3 Å². The molecule has 0 N–H and O–H groups in total. The quantitative estimate of drug-likeness (QED) is 0.344. The SMILES string of the molecule is C1=CCC=C1.C1=CCC=C1.C=CC12C=CC(CC1)C2.C=CC=C.C=Cc1ccccc1. The van der Waals surface area contributed by atoms with Gasteiger partial charge in [-0.05, 0) is 43.6 Å². The molecule has 5 rings (SSSR count). The van der Waals surface area contributed by atoms with Crippen molar-refractivity contribution in [2.45, 2.75) is 32.1 Å². The summed E-state index contributed by atoms with van der Waals surface area (Å²) in [6, 6.07) is 10.0. The third-order valence-electron chi connectivity index (χ3n) is 5.24. The van der Waals surface area contributed by atoms with Gasteiger partial charge >= 0.3 is 0 Å². The maximum absolute atomic E-state index is 3.86. The molecule has 1 aromatic carbocycles. The summed E-state index contributed by atoms with van der Waals surface area (Å²) in [6.45, 7) is 14.2. The number of hydrogen-bond donors (Lipinski definition) is 0. The smallest absolute Gasteiger partial charge is 0.00642 e. The molecule has 1 fully saturated rings. The lowest BCUT2D eigenvalue weighted by Gasteiger charge is -2.16. The van der Waals surface area contributed by atoms with Crippen molar-refractivity contribution >= 4 is 6.08 Å². The molecule has 1 aromatic rings. The van der Waals surface area contributed by atoms with Crippen LogP contribution < -0.4 is 0 Å². The maximum atomic E-state index is 3.86. The Morgan fingerprint density at radius 2 is 1.32 bits per heavy atom. The van der Waals surface area contributed by atoms with E-state index in [0.717, 1.165) is 18.8 Å². The predicted octanol–water partition coefficient (Wildman–Crippen LogP) is 9.22. The van der Waals surface area contributed by atoms with Gasteiger partial charge in [0.05, 0.1) is 0 Å². The van der Waals surface area contributed by atoms with Crippen LogP contribution in [0.4, 0.5) is 0 Å². The van der Waals surface area contributed by atoms with Gasteiger partial charge in [-0.2, -0.15) is 0 Å². The summed E-state index contributed by atoms with van der Waals surface area (Å²) in [5.41, 5.74) is 1.61. The molecule has 2 atom stereocenters. The molecule has 31 heavy (non-hydrogen) atoms. The van der Waals surface area contributed by atoms with Crippen LogP contribution in [0.3, 0.4) is 0 Å². The number of fused-ring (bicyclic) bond motifs is 2. The summed E-state index contributed by atoms with van der Waals surface area (Å²) in [6.07, 6.45) is 35.0. The van der Waals surface area contributed by atoms with Crippen molar-refractivity contribution in [1.82, 2.24) is 0 Å². The molecule has 4 aliphatic rings. The zero-order valence-corrected chi connectivity index (χ0v) is 18.9. The Hall–Kier alpha value is -3.12. The third-order valence-corrected chi connectivity index (χ3v) is 5.24. The Morgan fingerprint density at radius 3 is 1.52 bits per heavy atom. The minimum Gasteiger partial charge on any atom is -0.102 e. The number of benzene rings is 1. The topological polar surface area (TPSA) is 0 Å². The molecule has 1 saturated carbocycles. The first-order valence-corrected chi connectivity index (χ1v) is 11.1. The van der Waals surface area contributed by atoms with Crippen molar-refractivity contribution in [2.75, 3.05) is 0 Å². The Bertz CT molecular complexity index is 750. The molecule has 0 spiro atoms. The fourth-order valence-electron chi connectivity index (χ4n) is 3.42.